The largest absolute Gasteiger partial charge is 0.310 e. The van der Waals surface area contributed by atoms with Crippen molar-refractivity contribution in [3.8, 4) is 22.3 Å². The van der Waals surface area contributed by atoms with Crippen molar-refractivity contribution in [1.29, 1.82) is 0 Å². The first kappa shape index (κ1) is 44.2. The topological polar surface area (TPSA) is 6.48 Å². The Kier molecular flexibility index (Phi) is 10.4. The van der Waals surface area contributed by atoms with Crippen molar-refractivity contribution in [2.45, 2.75) is 110 Å². The lowest BCUT2D eigenvalue weighted by Crippen LogP contribution is -2.42. The standard InChI is InChI=1S/C65H66N2/c1-61(2,3)47-27-35-53-57(39-47)66(51-31-23-45(24-32-51)43-19-15-13-16-20-43)58-40-48(62(4,5)6)28-36-54(58)65(53)55-37-29-49(63(7,8)9)41-59(55)67(60-42-50(64(10,11)12)30-38-56(60)65)52-33-25-46(26-34-52)44-21-17-14-18-22-44/h13-42H,1-12H3. The molecule has 0 N–H and O–H groups in total. The molecule has 1 spiro atoms. The van der Waals surface area contributed by atoms with Crippen LogP contribution in [0.15, 0.2) is 182 Å². The highest BCUT2D eigenvalue weighted by molar-refractivity contribution is 5.97. The van der Waals surface area contributed by atoms with Crippen LogP contribution in [0.25, 0.3) is 22.3 Å². The molecule has 2 aliphatic rings. The van der Waals surface area contributed by atoms with Gasteiger partial charge in [0.25, 0.3) is 0 Å². The van der Waals surface area contributed by atoms with E-state index in [9.17, 15) is 0 Å². The number of anilines is 6. The summed E-state index contributed by atoms with van der Waals surface area (Å²) >= 11 is 0. The van der Waals surface area contributed by atoms with Crippen LogP contribution in [-0.4, -0.2) is 0 Å². The number of hydrogen-bond acceptors (Lipinski definition) is 2. The fourth-order valence-corrected chi connectivity index (χ4v) is 10.6. The summed E-state index contributed by atoms with van der Waals surface area (Å²) < 4.78 is 0. The summed E-state index contributed by atoms with van der Waals surface area (Å²) in [7, 11) is 0. The van der Waals surface area contributed by atoms with E-state index in [2.05, 4.69) is 275 Å². The monoisotopic (exact) mass is 875 g/mol. The van der Waals surface area contributed by atoms with Gasteiger partial charge in [0.1, 0.15) is 0 Å². The molecular weight excluding hydrogens is 809 g/mol. The van der Waals surface area contributed by atoms with E-state index in [-0.39, 0.29) is 21.7 Å². The Labute approximate surface area is 401 Å². The second-order valence-electron chi connectivity index (χ2n) is 23.2. The van der Waals surface area contributed by atoms with Gasteiger partial charge in [-0.15, -0.1) is 0 Å². The van der Waals surface area contributed by atoms with Crippen LogP contribution in [0.5, 0.6) is 0 Å². The second kappa shape index (κ2) is 15.7. The minimum atomic E-state index is -0.671. The molecule has 0 amide bonds. The Morgan fingerprint density at radius 1 is 0.269 bits per heavy atom. The molecular formula is C65H66N2. The van der Waals surface area contributed by atoms with Gasteiger partial charge < -0.3 is 9.80 Å². The number of fused-ring (bicyclic) bond motifs is 8. The van der Waals surface area contributed by atoms with Crippen molar-refractivity contribution in [3.63, 3.8) is 0 Å². The average molecular weight is 875 g/mol. The van der Waals surface area contributed by atoms with Gasteiger partial charge in [0, 0.05) is 11.4 Å². The molecule has 8 aromatic carbocycles. The molecule has 67 heavy (non-hydrogen) atoms. The third-order valence-electron chi connectivity index (χ3n) is 14.5. The zero-order chi connectivity index (χ0) is 47.3. The minimum absolute atomic E-state index is 0.0765. The molecule has 0 bridgehead atoms. The SMILES string of the molecule is CC(C)(C)c1ccc2c(c1)N(c1ccc(-c3ccccc3)cc1)c1cc(C(C)(C)C)ccc1C21c2ccc(C(C)(C)C)cc2N(c2ccc(-c3ccccc3)cc2)c2cc(C(C)(C)C)ccc21. The molecule has 2 aliphatic heterocycles. The van der Waals surface area contributed by atoms with Crippen molar-refractivity contribution >= 4 is 34.1 Å². The predicted octanol–water partition coefficient (Wildman–Crippen LogP) is 18.2. The van der Waals surface area contributed by atoms with Crippen molar-refractivity contribution in [3.05, 3.63) is 226 Å². The van der Waals surface area contributed by atoms with E-state index in [0.717, 1.165) is 11.4 Å². The maximum atomic E-state index is 2.58. The molecule has 2 heterocycles. The first-order valence-corrected chi connectivity index (χ1v) is 24.3. The summed E-state index contributed by atoms with van der Waals surface area (Å²) in [6.45, 7) is 28.1. The quantitative estimate of drug-likeness (QED) is 0.174. The highest BCUT2D eigenvalue weighted by atomic mass is 15.2. The molecule has 2 heteroatoms. The van der Waals surface area contributed by atoms with Crippen LogP contribution >= 0.6 is 0 Å². The molecule has 0 saturated carbocycles. The van der Waals surface area contributed by atoms with Crippen LogP contribution in [0.2, 0.25) is 0 Å². The Hall–Kier alpha value is -6.64. The van der Waals surface area contributed by atoms with Gasteiger partial charge in [0.2, 0.25) is 0 Å². The Morgan fingerprint density at radius 3 is 0.746 bits per heavy atom. The van der Waals surface area contributed by atoms with Crippen LogP contribution in [-0.2, 0) is 27.1 Å². The van der Waals surface area contributed by atoms with Crippen LogP contribution < -0.4 is 9.80 Å². The summed E-state index contributed by atoms with van der Waals surface area (Å²) in [5.41, 5.74) is 21.5. The minimum Gasteiger partial charge on any atom is -0.310 e. The van der Waals surface area contributed by atoms with E-state index in [0.29, 0.717) is 0 Å². The van der Waals surface area contributed by atoms with Crippen LogP contribution in [0.1, 0.15) is 128 Å². The zero-order valence-corrected chi connectivity index (χ0v) is 41.7. The second-order valence-corrected chi connectivity index (χ2v) is 23.2. The molecule has 0 unspecified atom stereocenters. The van der Waals surface area contributed by atoms with Gasteiger partial charge in [0.05, 0.1) is 28.2 Å². The maximum Gasteiger partial charge on any atom is 0.0782 e. The van der Waals surface area contributed by atoms with Crippen molar-refractivity contribution < 1.29 is 0 Å². The smallest absolute Gasteiger partial charge is 0.0782 e. The molecule has 0 atom stereocenters. The summed E-state index contributed by atoms with van der Waals surface area (Å²) in [6.07, 6.45) is 0. The molecule has 0 aliphatic carbocycles. The highest BCUT2D eigenvalue weighted by Gasteiger charge is 2.53. The molecule has 0 saturated heterocycles. The van der Waals surface area contributed by atoms with E-state index in [1.165, 1.54) is 89.5 Å². The molecule has 0 aromatic heterocycles. The van der Waals surface area contributed by atoms with E-state index >= 15 is 0 Å². The summed E-state index contributed by atoms with van der Waals surface area (Å²) in [4.78, 5) is 5.16. The third-order valence-corrected chi connectivity index (χ3v) is 14.5. The Balaban J connectivity index is 1.33. The molecule has 0 radical (unpaired) electrons. The van der Waals surface area contributed by atoms with Crippen LogP contribution in [0, 0.1) is 0 Å². The molecule has 8 aromatic rings. The number of hydrogen-bond donors (Lipinski definition) is 0. The summed E-state index contributed by atoms with van der Waals surface area (Å²) in [6, 6.07) is 69.6. The fourth-order valence-electron chi connectivity index (χ4n) is 10.6. The number of rotatable bonds is 4. The van der Waals surface area contributed by atoms with Gasteiger partial charge in [-0.3, -0.25) is 0 Å². The third kappa shape index (κ3) is 7.50. The summed E-state index contributed by atoms with van der Waals surface area (Å²) in [5, 5.41) is 0. The number of nitrogens with zero attached hydrogens (tertiary/aromatic N) is 2. The highest BCUT2D eigenvalue weighted by Crippen LogP contribution is 2.65. The summed E-state index contributed by atoms with van der Waals surface area (Å²) in [5.74, 6) is 0. The first-order valence-electron chi connectivity index (χ1n) is 24.3. The molecule has 2 nitrogen and oxygen atoms in total. The van der Waals surface area contributed by atoms with E-state index < -0.39 is 5.41 Å². The molecule has 10 rings (SSSR count). The van der Waals surface area contributed by atoms with Gasteiger partial charge in [-0.2, -0.15) is 0 Å². The van der Waals surface area contributed by atoms with E-state index in [1.54, 1.807) is 0 Å². The Morgan fingerprint density at radius 2 is 0.507 bits per heavy atom. The van der Waals surface area contributed by atoms with Crippen molar-refractivity contribution in [2.24, 2.45) is 0 Å². The van der Waals surface area contributed by atoms with E-state index in [4.69, 9.17) is 0 Å². The Bertz CT molecular complexity index is 2780. The van der Waals surface area contributed by atoms with Crippen LogP contribution in [0.4, 0.5) is 34.1 Å². The first-order chi connectivity index (χ1) is 31.7. The average Bonchev–Trinajstić information content (AvgIpc) is 3.30. The normalized spacial score (nSPS) is 14.3. The zero-order valence-electron chi connectivity index (χ0n) is 41.7. The van der Waals surface area contributed by atoms with Gasteiger partial charge in [-0.25, -0.2) is 0 Å². The lowest BCUT2D eigenvalue weighted by molar-refractivity contribution is 0.584. The number of benzene rings is 8. The maximum absolute atomic E-state index is 2.58. The van der Waals surface area contributed by atoms with Crippen molar-refractivity contribution in [2.75, 3.05) is 9.80 Å². The fraction of sp³-hybridized carbons (Fsp3) is 0.262. The predicted molar refractivity (Wildman–Crippen MR) is 287 cm³/mol. The van der Waals surface area contributed by atoms with Crippen LogP contribution in [0.3, 0.4) is 0 Å². The lowest BCUT2D eigenvalue weighted by atomic mass is 9.59. The van der Waals surface area contributed by atoms with Crippen molar-refractivity contribution in [1.82, 2.24) is 0 Å². The van der Waals surface area contributed by atoms with Gasteiger partial charge in [-0.05, 0) is 137 Å². The molecule has 0 fully saturated rings. The van der Waals surface area contributed by atoms with Gasteiger partial charge >= 0.3 is 0 Å². The van der Waals surface area contributed by atoms with Gasteiger partial charge in [0.15, 0.2) is 0 Å². The van der Waals surface area contributed by atoms with Gasteiger partial charge in [-0.1, -0.05) is 217 Å². The lowest BCUT2D eigenvalue weighted by Gasteiger charge is -2.52. The molecule has 336 valence electrons. The van der Waals surface area contributed by atoms with E-state index in [1.807, 2.05) is 0 Å².